The van der Waals surface area contributed by atoms with Gasteiger partial charge in [0.05, 0.1) is 6.61 Å². The molecule has 27 heavy (non-hydrogen) atoms. The third kappa shape index (κ3) is 6.69. The molecule has 1 aliphatic heterocycles. The van der Waals surface area contributed by atoms with E-state index in [1.807, 2.05) is 30.3 Å². The summed E-state index contributed by atoms with van der Waals surface area (Å²) in [5, 5.41) is 42.4. The number of hydrogen-bond donors (Lipinski definition) is 5. The van der Waals surface area contributed by atoms with Gasteiger partial charge in [-0.2, -0.15) is 8.42 Å². The number of rotatable bonds is 7. The van der Waals surface area contributed by atoms with Crippen LogP contribution in [0.5, 0.6) is 0 Å². The number of aliphatic hydroxyl groups excluding tert-OH is 4. The Bertz CT molecular complexity index is 726. The lowest BCUT2D eigenvalue weighted by molar-refractivity contribution is -0.205. The van der Waals surface area contributed by atoms with Crippen molar-refractivity contribution in [1.29, 1.82) is 0 Å². The second-order valence-electron chi connectivity index (χ2n) is 5.79. The normalized spacial score (nSPS) is 29.5. The second-order valence-corrected chi connectivity index (χ2v) is 7.96. The molecule has 1 fully saturated rings. The lowest BCUT2D eigenvalue weighted by atomic mass is 10.0. The summed E-state index contributed by atoms with van der Waals surface area (Å²) in [5.74, 6) is 0. The van der Waals surface area contributed by atoms with Gasteiger partial charge >= 0.3 is 10.4 Å². The van der Waals surface area contributed by atoms with Crippen molar-refractivity contribution >= 4 is 27.2 Å². The molecular formula is C15H21NO9S2. The molecule has 0 bridgehead atoms. The maximum atomic E-state index is 10.8. The summed E-state index contributed by atoms with van der Waals surface area (Å²) >= 11 is 0.754. The third-order valence-electron chi connectivity index (χ3n) is 3.80. The number of nitrogens with zero attached hydrogens (tertiary/aromatic N) is 1. The number of aryl methyl sites for hydroxylation is 1. The highest BCUT2D eigenvalue weighted by Crippen LogP contribution is 2.30. The van der Waals surface area contributed by atoms with Crippen molar-refractivity contribution in [2.45, 2.75) is 42.7 Å². The summed E-state index contributed by atoms with van der Waals surface area (Å²) in [6, 6.07) is 9.18. The molecule has 1 heterocycles. The van der Waals surface area contributed by atoms with Gasteiger partial charge in [-0.1, -0.05) is 47.2 Å². The minimum atomic E-state index is -4.82. The minimum Gasteiger partial charge on any atom is -0.394 e. The fourth-order valence-corrected chi connectivity index (χ4v) is 3.71. The Balaban J connectivity index is 2.12. The van der Waals surface area contributed by atoms with Gasteiger partial charge in [-0.25, -0.2) is 4.28 Å². The molecule has 2 rings (SSSR count). The molecule has 1 aromatic carbocycles. The van der Waals surface area contributed by atoms with E-state index in [2.05, 4.69) is 9.44 Å². The summed E-state index contributed by atoms with van der Waals surface area (Å²) in [7, 11) is -4.82. The maximum absolute atomic E-state index is 10.8. The molecular weight excluding hydrogens is 402 g/mol. The van der Waals surface area contributed by atoms with Crippen LogP contribution in [-0.2, 0) is 25.8 Å². The van der Waals surface area contributed by atoms with Crippen LogP contribution in [0.2, 0.25) is 0 Å². The predicted octanol–water partition coefficient (Wildman–Crippen LogP) is -0.715. The topological polar surface area (TPSA) is 166 Å². The van der Waals surface area contributed by atoms with E-state index in [0.29, 0.717) is 6.42 Å². The smallest absolute Gasteiger partial charge is 0.394 e. The summed E-state index contributed by atoms with van der Waals surface area (Å²) in [6.07, 6.45) is -5.11. The monoisotopic (exact) mass is 423 g/mol. The Morgan fingerprint density at radius 2 is 1.81 bits per heavy atom. The number of thioether (sulfide) groups is 1. The molecule has 0 spiro atoms. The quantitative estimate of drug-likeness (QED) is 0.163. The van der Waals surface area contributed by atoms with Gasteiger partial charge in [0, 0.05) is 6.42 Å². The summed E-state index contributed by atoms with van der Waals surface area (Å²) in [4.78, 5) is 0. The Morgan fingerprint density at radius 3 is 2.41 bits per heavy atom. The molecule has 0 radical (unpaired) electrons. The van der Waals surface area contributed by atoms with Crippen LogP contribution in [0.25, 0.3) is 0 Å². The van der Waals surface area contributed by atoms with E-state index in [-0.39, 0.29) is 11.5 Å². The van der Waals surface area contributed by atoms with E-state index in [4.69, 9.17) is 9.29 Å². The maximum Gasteiger partial charge on any atom is 0.466 e. The number of aliphatic hydroxyl groups is 4. The van der Waals surface area contributed by atoms with Gasteiger partial charge in [-0.3, -0.25) is 4.55 Å². The minimum absolute atomic E-state index is 0.0563. The highest BCUT2D eigenvalue weighted by atomic mass is 32.3. The molecule has 1 saturated heterocycles. The standard InChI is InChI=1S/C15H21NO9S2/c17-8-10-12(18)13(19)14(20)15(24-10)26-11(16-25-27(21,22)23)7-6-9-4-2-1-3-5-9/h1-5,10,12-15,17-20H,6-8H2,(H,21,22,23)/b16-11+/t10-,12-,13+,14-,15?/m0/s1. The van der Waals surface area contributed by atoms with Gasteiger partial charge in [0.2, 0.25) is 0 Å². The zero-order valence-corrected chi connectivity index (χ0v) is 15.7. The molecule has 0 saturated carbocycles. The Morgan fingerprint density at radius 1 is 1.15 bits per heavy atom. The summed E-state index contributed by atoms with van der Waals surface area (Å²) in [5.41, 5.74) is -0.230. The number of ether oxygens (including phenoxy) is 1. The second kappa shape index (κ2) is 9.80. The first-order chi connectivity index (χ1) is 12.7. The van der Waals surface area contributed by atoms with Crippen LogP contribution in [0.15, 0.2) is 35.5 Å². The Kier molecular flexibility index (Phi) is 8.00. The fourth-order valence-electron chi connectivity index (χ4n) is 2.41. The summed E-state index contributed by atoms with van der Waals surface area (Å²) < 4.78 is 39.7. The van der Waals surface area contributed by atoms with Crippen molar-refractivity contribution in [3.05, 3.63) is 35.9 Å². The van der Waals surface area contributed by atoms with E-state index in [0.717, 1.165) is 17.3 Å². The van der Waals surface area contributed by atoms with Gasteiger partial charge in [-0.15, -0.1) is 0 Å². The molecule has 12 heteroatoms. The molecule has 0 aromatic heterocycles. The fraction of sp³-hybridized carbons (Fsp3) is 0.533. The van der Waals surface area contributed by atoms with Gasteiger partial charge in [0.1, 0.15) is 34.9 Å². The molecule has 5 N–H and O–H groups in total. The van der Waals surface area contributed by atoms with Crippen LogP contribution in [0.3, 0.4) is 0 Å². The first-order valence-corrected chi connectivity index (χ1v) is 10.2. The van der Waals surface area contributed by atoms with E-state index < -0.39 is 46.9 Å². The van der Waals surface area contributed by atoms with Gasteiger partial charge in [-0.05, 0) is 12.0 Å². The molecule has 10 nitrogen and oxygen atoms in total. The predicted molar refractivity (Wildman–Crippen MR) is 96.2 cm³/mol. The van der Waals surface area contributed by atoms with E-state index in [1.165, 1.54) is 0 Å². The van der Waals surface area contributed by atoms with Gasteiger partial charge < -0.3 is 25.2 Å². The van der Waals surface area contributed by atoms with Crippen molar-refractivity contribution in [3.8, 4) is 0 Å². The van der Waals surface area contributed by atoms with Crippen LogP contribution in [0, 0.1) is 0 Å². The Hall–Kier alpha value is -1.25. The molecule has 5 atom stereocenters. The zero-order valence-electron chi connectivity index (χ0n) is 14.0. The zero-order chi connectivity index (χ0) is 20.0. The van der Waals surface area contributed by atoms with Crippen molar-refractivity contribution < 1.29 is 42.4 Å². The average molecular weight is 423 g/mol. The van der Waals surface area contributed by atoms with Crippen LogP contribution in [0.4, 0.5) is 0 Å². The van der Waals surface area contributed by atoms with Crippen LogP contribution < -0.4 is 0 Å². The molecule has 152 valence electrons. The van der Waals surface area contributed by atoms with Crippen molar-refractivity contribution in [3.63, 3.8) is 0 Å². The molecule has 0 amide bonds. The first kappa shape index (κ1) is 22.0. The first-order valence-electron chi connectivity index (χ1n) is 7.95. The van der Waals surface area contributed by atoms with Gasteiger partial charge in [0.25, 0.3) is 0 Å². The average Bonchev–Trinajstić information content (AvgIpc) is 2.64. The van der Waals surface area contributed by atoms with Crippen molar-refractivity contribution in [1.82, 2.24) is 0 Å². The third-order valence-corrected chi connectivity index (χ3v) is 5.24. The van der Waals surface area contributed by atoms with Crippen molar-refractivity contribution in [2.24, 2.45) is 5.16 Å². The van der Waals surface area contributed by atoms with Crippen LogP contribution in [0.1, 0.15) is 12.0 Å². The molecule has 1 unspecified atom stereocenters. The van der Waals surface area contributed by atoms with Crippen LogP contribution in [-0.4, -0.2) is 74.9 Å². The largest absolute Gasteiger partial charge is 0.466 e. The lowest BCUT2D eigenvalue weighted by Crippen LogP contribution is -2.57. The SMILES string of the molecule is O=S(=O)(O)O/N=C(\CCc1ccccc1)SC1O[C@@H](CO)[C@H](O)[C@@H](O)[C@@H]1O. The summed E-state index contributed by atoms with van der Waals surface area (Å²) in [6.45, 7) is -0.597. The molecule has 0 aliphatic carbocycles. The van der Waals surface area contributed by atoms with Gasteiger partial charge in [0.15, 0.2) is 0 Å². The van der Waals surface area contributed by atoms with E-state index in [9.17, 15) is 28.8 Å². The highest BCUT2D eigenvalue weighted by Gasteiger charge is 2.44. The molecule has 1 aromatic rings. The van der Waals surface area contributed by atoms with E-state index >= 15 is 0 Å². The Labute approximate surface area is 160 Å². The lowest BCUT2D eigenvalue weighted by Gasteiger charge is -2.39. The molecule has 1 aliphatic rings. The van der Waals surface area contributed by atoms with Crippen LogP contribution >= 0.6 is 11.8 Å². The number of hydrogen-bond acceptors (Lipinski definition) is 10. The number of benzene rings is 1. The highest BCUT2D eigenvalue weighted by molar-refractivity contribution is 8.14. The van der Waals surface area contributed by atoms with Crippen molar-refractivity contribution in [2.75, 3.05) is 6.61 Å². The van der Waals surface area contributed by atoms with E-state index in [1.54, 1.807) is 0 Å². The number of oxime groups is 1.